The van der Waals surface area contributed by atoms with E-state index < -0.39 is 5.60 Å². The van der Waals surface area contributed by atoms with E-state index in [4.69, 9.17) is 9.47 Å². The van der Waals surface area contributed by atoms with Gasteiger partial charge in [-0.3, -0.25) is 4.99 Å². The fourth-order valence-electron chi connectivity index (χ4n) is 2.93. The van der Waals surface area contributed by atoms with E-state index in [1.807, 2.05) is 19.9 Å². The maximum atomic E-state index is 10.4. The lowest BCUT2D eigenvalue weighted by molar-refractivity contribution is 0.0778. The summed E-state index contributed by atoms with van der Waals surface area (Å²) in [6.07, 6.45) is 2.74. The number of thioether (sulfide) groups is 1. The molecule has 0 amide bonds. The second-order valence-corrected chi connectivity index (χ2v) is 7.78. The monoisotopic (exact) mass is 395 g/mol. The molecule has 1 aliphatic heterocycles. The van der Waals surface area contributed by atoms with Crippen molar-refractivity contribution in [2.45, 2.75) is 38.7 Å². The smallest absolute Gasteiger partial charge is 0.191 e. The summed E-state index contributed by atoms with van der Waals surface area (Å²) in [7, 11) is 1.66. The molecule has 1 aromatic carbocycles. The molecule has 1 aromatic rings. The minimum atomic E-state index is -0.647. The predicted molar refractivity (Wildman–Crippen MR) is 113 cm³/mol. The van der Waals surface area contributed by atoms with Gasteiger partial charge in [0.25, 0.3) is 0 Å². The van der Waals surface area contributed by atoms with Crippen molar-refractivity contribution in [3.63, 3.8) is 0 Å². The van der Waals surface area contributed by atoms with Crippen molar-refractivity contribution in [2.75, 3.05) is 44.9 Å². The Morgan fingerprint density at radius 3 is 2.81 bits per heavy atom. The minimum absolute atomic E-state index is 0.450. The van der Waals surface area contributed by atoms with Crippen molar-refractivity contribution in [1.82, 2.24) is 10.6 Å². The molecule has 1 unspecified atom stereocenters. The first-order valence-electron chi connectivity index (χ1n) is 9.72. The van der Waals surface area contributed by atoms with Gasteiger partial charge in [0.05, 0.1) is 25.9 Å². The van der Waals surface area contributed by atoms with E-state index in [1.165, 1.54) is 5.56 Å². The number of aliphatic hydroxyl groups is 1. The van der Waals surface area contributed by atoms with Gasteiger partial charge >= 0.3 is 0 Å². The Bertz CT molecular complexity index is 604. The van der Waals surface area contributed by atoms with Crippen molar-refractivity contribution in [2.24, 2.45) is 4.99 Å². The summed E-state index contributed by atoms with van der Waals surface area (Å²) in [5.41, 5.74) is 0.575. The molecule has 0 aliphatic carbocycles. The summed E-state index contributed by atoms with van der Waals surface area (Å²) in [6, 6.07) is 6.09. The van der Waals surface area contributed by atoms with E-state index in [0.717, 1.165) is 61.3 Å². The summed E-state index contributed by atoms with van der Waals surface area (Å²) in [6.45, 7) is 6.70. The molecule has 1 fully saturated rings. The molecule has 27 heavy (non-hydrogen) atoms. The number of methoxy groups -OCH3 is 1. The molecule has 0 radical (unpaired) electrons. The normalized spacial score (nSPS) is 19.8. The highest BCUT2D eigenvalue weighted by molar-refractivity contribution is 7.99. The van der Waals surface area contributed by atoms with Crippen LogP contribution in [0.4, 0.5) is 0 Å². The van der Waals surface area contributed by atoms with Gasteiger partial charge in [0, 0.05) is 18.8 Å². The lowest BCUT2D eigenvalue weighted by atomic mass is 10.1. The number of nitrogens with zero attached hydrogens (tertiary/aromatic N) is 1. The van der Waals surface area contributed by atoms with Gasteiger partial charge in [0.1, 0.15) is 0 Å². The summed E-state index contributed by atoms with van der Waals surface area (Å²) in [5, 5.41) is 17.0. The fraction of sp³-hybridized carbons (Fsp3) is 0.650. The van der Waals surface area contributed by atoms with Crippen LogP contribution in [-0.2, 0) is 6.42 Å². The zero-order valence-electron chi connectivity index (χ0n) is 16.7. The van der Waals surface area contributed by atoms with Crippen LogP contribution in [0.15, 0.2) is 23.2 Å². The average molecular weight is 396 g/mol. The number of aliphatic imine (C=N–C) groups is 1. The SMILES string of the molecule is CCNC(=NCC1(O)CCSC1)NCCCc1ccc(OC)c(OCC)c1. The van der Waals surface area contributed by atoms with Gasteiger partial charge in [-0.25, -0.2) is 0 Å². The van der Waals surface area contributed by atoms with Crippen LogP contribution in [0.5, 0.6) is 11.5 Å². The highest BCUT2D eigenvalue weighted by Crippen LogP contribution is 2.29. The average Bonchev–Trinajstić information content (AvgIpc) is 3.10. The molecule has 1 atom stereocenters. The molecule has 0 saturated carbocycles. The van der Waals surface area contributed by atoms with Crippen molar-refractivity contribution >= 4 is 17.7 Å². The Hall–Kier alpha value is -1.60. The zero-order chi connectivity index (χ0) is 19.5. The second-order valence-electron chi connectivity index (χ2n) is 6.67. The topological polar surface area (TPSA) is 75.1 Å². The van der Waals surface area contributed by atoms with Crippen LogP contribution in [0.3, 0.4) is 0 Å². The van der Waals surface area contributed by atoms with Gasteiger partial charge in [-0.15, -0.1) is 0 Å². The minimum Gasteiger partial charge on any atom is -0.493 e. The molecule has 0 bridgehead atoms. The van der Waals surface area contributed by atoms with E-state index in [0.29, 0.717) is 13.2 Å². The van der Waals surface area contributed by atoms with Crippen molar-refractivity contribution in [3.05, 3.63) is 23.8 Å². The molecule has 2 rings (SSSR count). The number of aryl methyl sites for hydroxylation is 1. The molecule has 3 N–H and O–H groups in total. The predicted octanol–water partition coefficient (Wildman–Crippen LogP) is 2.45. The van der Waals surface area contributed by atoms with Crippen molar-refractivity contribution < 1.29 is 14.6 Å². The summed E-state index contributed by atoms with van der Waals surface area (Å²) in [4.78, 5) is 4.57. The number of guanidine groups is 1. The maximum absolute atomic E-state index is 10.4. The summed E-state index contributed by atoms with van der Waals surface area (Å²) in [5.74, 6) is 4.12. The van der Waals surface area contributed by atoms with E-state index >= 15 is 0 Å². The lowest BCUT2D eigenvalue weighted by Crippen LogP contribution is -2.40. The molecule has 152 valence electrons. The molecular formula is C20H33N3O3S. The largest absolute Gasteiger partial charge is 0.493 e. The Morgan fingerprint density at radius 2 is 2.15 bits per heavy atom. The Kier molecular flexibility index (Phi) is 9.07. The number of nitrogens with one attached hydrogen (secondary N) is 2. The van der Waals surface area contributed by atoms with Crippen LogP contribution < -0.4 is 20.1 Å². The molecule has 1 heterocycles. The van der Waals surface area contributed by atoms with Gasteiger partial charge in [-0.2, -0.15) is 11.8 Å². The van der Waals surface area contributed by atoms with Gasteiger partial charge in [0.2, 0.25) is 0 Å². The number of rotatable bonds is 10. The fourth-order valence-corrected chi connectivity index (χ4v) is 4.22. The van der Waals surface area contributed by atoms with Crippen LogP contribution in [0.2, 0.25) is 0 Å². The van der Waals surface area contributed by atoms with Crippen LogP contribution in [-0.4, -0.2) is 61.5 Å². The van der Waals surface area contributed by atoms with E-state index in [2.05, 4.69) is 27.8 Å². The van der Waals surface area contributed by atoms with Crippen LogP contribution in [0, 0.1) is 0 Å². The third-order valence-electron chi connectivity index (χ3n) is 4.42. The molecule has 7 heteroatoms. The standard InChI is InChI=1S/C20H33N3O3S/c1-4-21-19(23-14-20(24)10-12-27-15-20)22-11-6-7-16-8-9-17(25-3)18(13-16)26-5-2/h8-9,13,24H,4-7,10-12,14-15H2,1-3H3,(H2,21,22,23). The molecule has 0 spiro atoms. The third kappa shape index (κ3) is 7.14. The van der Waals surface area contributed by atoms with Gasteiger partial charge < -0.3 is 25.2 Å². The second kappa shape index (κ2) is 11.3. The van der Waals surface area contributed by atoms with Gasteiger partial charge in [-0.05, 0) is 56.6 Å². The lowest BCUT2D eigenvalue weighted by Gasteiger charge is -2.19. The number of hydrogen-bond donors (Lipinski definition) is 3. The number of ether oxygens (including phenoxy) is 2. The highest BCUT2D eigenvalue weighted by atomic mass is 32.2. The van der Waals surface area contributed by atoms with Crippen molar-refractivity contribution in [1.29, 1.82) is 0 Å². The van der Waals surface area contributed by atoms with Gasteiger partial charge in [-0.1, -0.05) is 6.07 Å². The zero-order valence-corrected chi connectivity index (χ0v) is 17.5. The Labute approximate surface area is 167 Å². The van der Waals surface area contributed by atoms with Crippen LogP contribution >= 0.6 is 11.8 Å². The first-order valence-corrected chi connectivity index (χ1v) is 10.9. The highest BCUT2D eigenvalue weighted by Gasteiger charge is 2.31. The maximum Gasteiger partial charge on any atom is 0.191 e. The number of hydrogen-bond acceptors (Lipinski definition) is 5. The van der Waals surface area contributed by atoms with E-state index in [-0.39, 0.29) is 0 Å². The van der Waals surface area contributed by atoms with Crippen LogP contribution in [0.1, 0.15) is 32.3 Å². The Morgan fingerprint density at radius 1 is 1.30 bits per heavy atom. The quantitative estimate of drug-likeness (QED) is 0.321. The first kappa shape index (κ1) is 21.7. The van der Waals surface area contributed by atoms with Gasteiger partial charge in [0.15, 0.2) is 17.5 Å². The Balaban J connectivity index is 1.81. The third-order valence-corrected chi connectivity index (χ3v) is 5.66. The number of benzene rings is 1. The molecular weight excluding hydrogens is 362 g/mol. The molecule has 1 saturated heterocycles. The molecule has 1 aliphatic rings. The van der Waals surface area contributed by atoms with Crippen LogP contribution in [0.25, 0.3) is 0 Å². The molecule has 0 aromatic heterocycles. The molecule has 6 nitrogen and oxygen atoms in total. The summed E-state index contributed by atoms with van der Waals surface area (Å²) >= 11 is 1.79. The van der Waals surface area contributed by atoms with E-state index in [9.17, 15) is 5.11 Å². The first-order chi connectivity index (χ1) is 13.1. The van der Waals surface area contributed by atoms with E-state index in [1.54, 1.807) is 18.9 Å². The summed E-state index contributed by atoms with van der Waals surface area (Å²) < 4.78 is 11.0. The van der Waals surface area contributed by atoms with Crippen molar-refractivity contribution in [3.8, 4) is 11.5 Å².